The lowest BCUT2D eigenvalue weighted by Gasteiger charge is -2.15. The lowest BCUT2D eigenvalue weighted by Crippen LogP contribution is -2.17. The quantitative estimate of drug-likeness (QED) is 0.408. The molecule has 0 saturated carbocycles. The van der Waals surface area contributed by atoms with E-state index in [4.69, 9.17) is 4.74 Å². The van der Waals surface area contributed by atoms with E-state index in [2.05, 4.69) is 28.2 Å². The van der Waals surface area contributed by atoms with Crippen LogP contribution >= 0.6 is 11.8 Å². The highest BCUT2D eigenvalue weighted by Crippen LogP contribution is 2.29. The Morgan fingerprint density at radius 3 is 2.48 bits per heavy atom. The zero-order chi connectivity index (χ0) is 21.0. The molecular weight excluding hydrogens is 384 g/mol. The van der Waals surface area contributed by atoms with Crippen molar-refractivity contribution in [3.05, 3.63) is 58.9 Å². The van der Waals surface area contributed by atoms with Crippen molar-refractivity contribution in [1.29, 1.82) is 0 Å². The molecular formula is C22H26N4O2S. The Balaban J connectivity index is 1.88. The molecule has 29 heavy (non-hydrogen) atoms. The molecule has 0 spiro atoms. The summed E-state index contributed by atoms with van der Waals surface area (Å²) < 4.78 is 7.26. The number of carbonyl (C=O) groups is 1. The van der Waals surface area contributed by atoms with Crippen molar-refractivity contribution in [1.82, 2.24) is 19.7 Å². The minimum atomic E-state index is -0.286. The summed E-state index contributed by atoms with van der Waals surface area (Å²) in [6.07, 6.45) is 3.46. The number of ketones is 1. The van der Waals surface area contributed by atoms with Gasteiger partial charge in [0.15, 0.2) is 16.8 Å². The summed E-state index contributed by atoms with van der Waals surface area (Å²) in [5.74, 6) is 0.844. The van der Waals surface area contributed by atoms with Gasteiger partial charge in [-0.05, 0) is 62.6 Å². The number of aryl methyl sites for hydroxylation is 3. The van der Waals surface area contributed by atoms with Gasteiger partial charge in [0.1, 0.15) is 0 Å². The molecule has 0 N–H and O–H groups in total. The molecule has 152 valence electrons. The lowest BCUT2D eigenvalue weighted by atomic mass is 9.97. The van der Waals surface area contributed by atoms with E-state index in [0.717, 1.165) is 28.1 Å². The molecule has 0 radical (unpaired) electrons. The summed E-state index contributed by atoms with van der Waals surface area (Å²) in [5.41, 5.74) is 5.02. The standard InChI is InChI=1S/C22H26N4O2S/c1-14-12-16(3)19(13-15(14)2)20(27)17(4)29-22-25-24-21(26(22)10-11-28-5)18-6-8-23-9-7-18/h6-9,12-13,17H,10-11H2,1-5H3. The van der Waals surface area contributed by atoms with Gasteiger partial charge in [0, 0.05) is 30.6 Å². The third-order valence-electron chi connectivity index (χ3n) is 4.93. The second-order valence-corrected chi connectivity index (χ2v) is 8.37. The highest BCUT2D eigenvalue weighted by Gasteiger charge is 2.23. The number of methoxy groups -OCH3 is 1. The fraction of sp³-hybridized carbons (Fsp3) is 0.364. The summed E-state index contributed by atoms with van der Waals surface area (Å²) in [6, 6.07) is 7.86. The molecule has 0 aliphatic rings. The van der Waals surface area contributed by atoms with Crippen LogP contribution in [0.4, 0.5) is 0 Å². The molecule has 1 atom stereocenters. The first-order chi connectivity index (χ1) is 13.9. The number of ether oxygens (including phenoxy) is 1. The Labute approximate surface area is 175 Å². The van der Waals surface area contributed by atoms with Gasteiger partial charge in [0.25, 0.3) is 0 Å². The van der Waals surface area contributed by atoms with Crippen LogP contribution < -0.4 is 0 Å². The fourth-order valence-electron chi connectivity index (χ4n) is 3.13. The number of carbonyl (C=O) groups excluding carboxylic acids is 1. The van der Waals surface area contributed by atoms with E-state index in [-0.39, 0.29) is 11.0 Å². The average Bonchev–Trinajstić information content (AvgIpc) is 3.11. The third-order valence-corrected chi connectivity index (χ3v) is 6.01. The lowest BCUT2D eigenvalue weighted by molar-refractivity contribution is 0.0993. The van der Waals surface area contributed by atoms with E-state index in [0.29, 0.717) is 18.3 Å². The van der Waals surface area contributed by atoms with Gasteiger partial charge in [0.2, 0.25) is 0 Å². The molecule has 1 aromatic carbocycles. The number of thioether (sulfide) groups is 1. The van der Waals surface area contributed by atoms with Crippen LogP contribution in [0.25, 0.3) is 11.4 Å². The smallest absolute Gasteiger partial charge is 0.192 e. The first-order valence-electron chi connectivity index (χ1n) is 9.53. The van der Waals surface area contributed by atoms with Gasteiger partial charge in [-0.25, -0.2) is 0 Å². The maximum absolute atomic E-state index is 13.1. The maximum atomic E-state index is 13.1. The van der Waals surface area contributed by atoms with Crippen molar-refractivity contribution >= 4 is 17.5 Å². The summed E-state index contributed by atoms with van der Waals surface area (Å²) >= 11 is 1.43. The van der Waals surface area contributed by atoms with E-state index in [1.807, 2.05) is 43.5 Å². The molecule has 6 nitrogen and oxygen atoms in total. The Morgan fingerprint density at radius 1 is 1.10 bits per heavy atom. The van der Waals surface area contributed by atoms with Crippen LogP contribution in [0, 0.1) is 20.8 Å². The van der Waals surface area contributed by atoms with Crippen molar-refractivity contribution in [2.75, 3.05) is 13.7 Å². The van der Waals surface area contributed by atoms with Gasteiger partial charge >= 0.3 is 0 Å². The molecule has 0 bridgehead atoms. The molecule has 3 rings (SSSR count). The number of Topliss-reactive ketones (excluding diaryl/α,β-unsaturated/α-hetero) is 1. The number of nitrogens with zero attached hydrogens (tertiary/aromatic N) is 4. The molecule has 0 aliphatic heterocycles. The van der Waals surface area contributed by atoms with Gasteiger partial charge in [-0.2, -0.15) is 0 Å². The Kier molecular flexibility index (Phi) is 6.82. The van der Waals surface area contributed by atoms with Crippen LogP contribution in [0.3, 0.4) is 0 Å². The first kappa shape index (κ1) is 21.2. The zero-order valence-corrected chi connectivity index (χ0v) is 18.3. The van der Waals surface area contributed by atoms with Crippen molar-refractivity contribution in [3.63, 3.8) is 0 Å². The fourth-order valence-corrected chi connectivity index (χ4v) is 4.07. The van der Waals surface area contributed by atoms with E-state index >= 15 is 0 Å². The molecule has 7 heteroatoms. The van der Waals surface area contributed by atoms with E-state index in [1.165, 1.54) is 17.3 Å². The van der Waals surface area contributed by atoms with Gasteiger partial charge in [-0.3, -0.25) is 14.3 Å². The minimum absolute atomic E-state index is 0.0994. The molecule has 0 amide bonds. The monoisotopic (exact) mass is 410 g/mol. The van der Waals surface area contributed by atoms with E-state index < -0.39 is 0 Å². The van der Waals surface area contributed by atoms with Gasteiger partial charge in [0.05, 0.1) is 18.4 Å². The van der Waals surface area contributed by atoms with E-state index in [9.17, 15) is 4.79 Å². The predicted octanol–water partition coefficient (Wildman–Crippen LogP) is 4.28. The Morgan fingerprint density at radius 2 is 1.79 bits per heavy atom. The highest BCUT2D eigenvalue weighted by atomic mass is 32.2. The molecule has 0 saturated heterocycles. The van der Waals surface area contributed by atoms with E-state index in [1.54, 1.807) is 19.5 Å². The molecule has 2 aromatic heterocycles. The van der Waals surface area contributed by atoms with Crippen LogP contribution in [0.1, 0.15) is 34.0 Å². The van der Waals surface area contributed by atoms with Gasteiger partial charge in [-0.15, -0.1) is 10.2 Å². The third kappa shape index (κ3) is 4.74. The number of hydrogen-bond acceptors (Lipinski definition) is 6. The molecule has 2 heterocycles. The average molecular weight is 411 g/mol. The topological polar surface area (TPSA) is 69.9 Å². The van der Waals surface area contributed by atoms with Crippen molar-refractivity contribution in [2.45, 2.75) is 44.6 Å². The number of aromatic nitrogens is 4. The maximum Gasteiger partial charge on any atom is 0.192 e. The van der Waals surface area contributed by atoms with Crippen molar-refractivity contribution in [2.24, 2.45) is 0 Å². The second-order valence-electron chi connectivity index (χ2n) is 7.06. The van der Waals surface area contributed by atoms with Crippen molar-refractivity contribution < 1.29 is 9.53 Å². The SMILES string of the molecule is COCCn1c(SC(C)C(=O)c2cc(C)c(C)cc2C)nnc1-c1ccncc1. The zero-order valence-electron chi connectivity index (χ0n) is 17.5. The molecule has 3 aromatic rings. The Hall–Kier alpha value is -2.51. The molecule has 0 fully saturated rings. The van der Waals surface area contributed by atoms with Crippen LogP contribution in [0.2, 0.25) is 0 Å². The normalized spacial score (nSPS) is 12.2. The highest BCUT2D eigenvalue weighted by molar-refractivity contribution is 8.00. The summed E-state index contributed by atoms with van der Waals surface area (Å²) in [4.78, 5) is 17.2. The van der Waals surface area contributed by atoms with Crippen LogP contribution in [-0.2, 0) is 11.3 Å². The molecule has 0 aliphatic carbocycles. The number of benzene rings is 1. The summed E-state index contributed by atoms with van der Waals surface area (Å²) in [6.45, 7) is 9.14. The van der Waals surface area contributed by atoms with Gasteiger partial charge < -0.3 is 4.74 Å². The van der Waals surface area contributed by atoms with Crippen LogP contribution in [-0.4, -0.2) is 44.5 Å². The number of rotatable bonds is 8. The summed E-state index contributed by atoms with van der Waals surface area (Å²) in [5, 5.41) is 9.15. The number of pyridine rings is 1. The number of hydrogen-bond donors (Lipinski definition) is 0. The van der Waals surface area contributed by atoms with Crippen LogP contribution in [0.15, 0.2) is 41.8 Å². The van der Waals surface area contributed by atoms with Crippen LogP contribution in [0.5, 0.6) is 0 Å². The second kappa shape index (κ2) is 9.33. The predicted molar refractivity (Wildman–Crippen MR) is 115 cm³/mol. The summed E-state index contributed by atoms with van der Waals surface area (Å²) in [7, 11) is 1.66. The largest absolute Gasteiger partial charge is 0.383 e. The molecule has 1 unspecified atom stereocenters. The van der Waals surface area contributed by atoms with Gasteiger partial charge in [-0.1, -0.05) is 17.8 Å². The Bertz CT molecular complexity index is 1000. The minimum Gasteiger partial charge on any atom is -0.383 e. The van der Waals surface area contributed by atoms with Crippen molar-refractivity contribution in [3.8, 4) is 11.4 Å². The first-order valence-corrected chi connectivity index (χ1v) is 10.4.